The molecule has 0 unspecified atom stereocenters. The van der Waals surface area contributed by atoms with Crippen LogP contribution in [0, 0.1) is 0 Å². The monoisotopic (exact) mass is 1030 g/mol. The maximum absolute atomic E-state index is 2.33. The highest BCUT2D eigenvalue weighted by Gasteiger charge is 2.28. The highest BCUT2D eigenvalue weighted by Crippen LogP contribution is 2.20. The molecule has 0 amide bonds. The third kappa shape index (κ3) is 52.2. The Hall–Kier alpha value is 0.0997. The van der Waals surface area contributed by atoms with Crippen LogP contribution in [0.4, 0.5) is 0 Å². The van der Waals surface area contributed by atoms with Gasteiger partial charge in [-0.1, -0.05) is 247 Å². The SMILES string of the molecule is CCCC[N+](CCCC)(CCCC)CCCC.CCCC[N+](CCCC)(CCCC)CCCC.CCCC[N+](CCCC)(CCCC)CCCC.CCCC[N+](CCCC)(CCCC)CCCC.[BH4-].[BH4-].[BH4-].[BH4-]. The summed E-state index contributed by atoms with van der Waals surface area (Å²) in [6.07, 6.45) is 44.2. The van der Waals surface area contributed by atoms with Gasteiger partial charge in [0.05, 0.1) is 105 Å². The van der Waals surface area contributed by atoms with E-state index in [1.54, 1.807) is 0 Å². The molecule has 0 fully saturated rings. The van der Waals surface area contributed by atoms with Gasteiger partial charge in [0, 0.05) is 0 Å². The lowest BCUT2D eigenvalue weighted by atomic mass is 10.1. The first-order valence-electron chi connectivity index (χ1n) is 32.4. The van der Waals surface area contributed by atoms with Gasteiger partial charge in [0.25, 0.3) is 0 Å². The Morgan fingerprint density at radius 1 is 0.125 bits per heavy atom. The summed E-state index contributed by atoms with van der Waals surface area (Å²) in [7, 11) is 0. The van der Waals surface area contributed by atoms with Gasteiger partial charge in [0.15, 0.2) is 0 Å². The maximum Gasteiger partial charge on any atom is 0.0786 e. The maximum atomic E-state index is 2.33. The summed E-state index contributed by atoms with van der Waals surface area (Å²) in [6.45, 7) is 60.1. The molecule has 0 aliphatic heterocycles. The number of quaternary nitrogens is 4. The first-order valence-corrected chi connectivity index (χ1v) is 32.4. The summed E-state index contributed by atoms with van der Waals surface area (Å²) >= 11 is 0. The second kappa shape index (κ2) is 67.2. The lowest BCUT2D eigenvalue weighted by Gasteiger charge is -2.39. The van der Waals surface area contributed by atoms with Crippen LogP contribution < -0.4 is 0 Å². The number of rotatable bonds is 48. The third-order valence-electron chi connectivity index (χ3n) is 15.8. The van der Waals surface area contributed by atoms with Crippen molar-refractivity contribution in [3.63, 3.8) is 0 Å². The van der Waals surface area contributed by atoms with Gasteiger partial charge >= 0.3 is 0 Å². The smallest absolute Gasteiger partial charge is 0.0786 e. The van der Waals surface area contributed by atoms with E-state index in [0.29, 0.717) is 0 Å². The minimum absolute atomic E-state index is 0. The molecule has 0 radical (unpaired) electrons. The summed E-state index contributed by atoms with van der Waals surface area (Å²) in [5.41, 5.74) is 0. The minimum atomic E-state index is 0. The highest BCUT2D eigenvalue weighted by atomic mass is 15.4. The average Bonchev–Trinajstić information content (AvgIpc) is 3.37. The van der Waals surface area contributed by atoms with Gasteiger partial charge in [0.1, 0.15) is 0 Å². The van der Waals surface area contributed by atoms with E-state index in [1.165, 1.54) is 328 Å². The second-order valence-electron chi connectivity index (χ2n) is 22.6. The fraction of sp³-hybridized carbons (Fsp3) is 1.00. The number of hydrogen-bond acceptors (Lipinski definition) is 0. The Kier molecular flexibility index (Phi) is 82.8. The van der Waals surface area contributed by atoms with Gasteiger partial charge in [-0.25, -0.2) is 0 Å². The van der Waals surface area contributed by atoms with Crippen LogP contribution in [0.25, 0.3) is 0 Å². The second-order valence-corrected chi connectivity index (χ2v) is 22.6. The fourth-order valence-corrected chi connectivity index (χ4v) is 10.6. The van der Waals surface area contributed by atoms with Gasteiger partial charge in [0.2, 0.25) is 0 Å². The van der Waals surface area contributed by atoms with Crippen molar-refractivity contribution in [2.24, 2.45) is 0 Å². The van der Waals surface area contributed by atoms with E-state index in [4.69, 9.17) is 0 Å². The predicted octanol–water partition coefficient (Wildman–Crippen LogP) is 14.2. The zero-order valence-corrected chi connectivity index (χ0v) is 51.7. The average molecular weight is 1030 g/mol. The predicted molar refractivity (Wildman–Crippen MR) is 363 cm³/mol. The highest BCUT2D eigenvalue weighted by molar-refractivity contribution is 5.76. The van der Waals surface area contributed by atoms with Crippen molar-refractivity contribution in [3.8, 4) is 0 Å². The molecule has 0 aliphatic rings. The van der Waals surface area contributed by atoms with Crippen LogP contribution in [0.5, 0.6) is 0 Å². The van der Waals surface area contributed by atoms with E-state index in [0.717, 1.165) is 0 Å². The largest absolute Gasteiger partial charge is 0.324 e. The molecule has 8 heteroatoms. The molecule has 0 heterocycles. The van der Waals surface area contributed by atoms with Gasteiger partial charge in [-0.3, -0.25) is 0 Å². The van der Waals surface area contributed by atoms with E-state index in [1.807, 2.05) is 0 Å². The van der Waals surface area contributed by atoms with Gasteiger partial charge in [-0.2, -0.15) is 0 Å². The van der Waals surface area contributed by atoms with Crippen LogP contribution in [0.3, 0.4) is 0 Å². The first kappa shape index (κ1) is 88.7. The van der Waals surface area contributed by atoms with Crippen LogP contribution in [0.1, 0.15) is 316 Å². The molecule has 0 aliphatic carbocycles. The molecule has 72 heavy (non-hydrogen) atoms. The van der Waals surface area contributed by atoms with Crippen LogP contribution in [0.15, 0.2) is 0 Å². The first-order chi connectivity index (χ1) is 33.0. The standard InChI is InChI=1S/4C16H36N.4BH4/c4*1-5-9-13-17(14-10-6-2,15-11-7-3)16-12-8-4;;;;/h4*5-16H2,1-4H3;4*1H4/q4*+1;4*-1. The molecular formula is C64H160B4N4. The van der Waals surface area contributed by atoms with E-state index in [2.05, 4.69) is 111 Å². The van der Waals surface area contributed by atoms with E-state index >= 15 is 0 Å². The molecule has 448 valence electrons. The van der Waals surface area contributed by atoms with Crippen molar-refractivity contribution in [2.45, 2.75) is 316 Å². The Balaban J connectivity index is -0.000000124. The van der Waals surface area contributed by atoms with Crippen molar-refractivity contribution in [1.82, 2.24) is 0 Å². The Labute approximate surface area is 470 Å². The molecule has 4 nitrogen and oxygen atoms in total. The van der Waals surface area contributed by atoms with Crippen molar-refractivity contribution in [3.05, 3.63) is 0 Å². The molecule has 0 bridgehead atoms. The number of unbranched alkanes of at least 4 members (excludes halogenated alkanes) is 16. The fourth-order valence-electron chi connectivity index (χ4n) is 10.6. The lowest BCUT2D eigenvalue weighted by molar-refractivity contribution is -0.929. The van der Waals surface area contributed by atoms with Crippen molar-refractivity contribution < 1.29 is 17.9 Å². The summed E-state index contributed by atoms with van der Waals surface area (Å²) in [6, 6.07) is 0. The Bertz CT molecular complexity index is 631. The zero-order valence-electron chi connectivity index (χ0n) is 51.7. The molecule has 0 aromatic carbocycles. The molecule has 0 N–H and O–H groups in total. The van der Waals surface area contributed by atoms with Crippen molar-refractivity contribution in [1.29, 1.82) is 0 Å². The molecule has 0 saturated carbocycles. The minimum Gasteiger partial charge on any atom is -0.324 e. The van der Waals surface area contributed by atoms with Crippen LogP contribution >= 0.6 is 0 Å². The van der Waals surface area contributed by atoms with Gasteiger partial charge in [-0.15, -0.1) is 0 Å². The van der Waals surface area contributed by atoms with Crippen LogP contribution in [-0.4, -0.2) is 156 Å². The summed E-state index contributed by atoms with van der Waals surface area (Å²) in [5.74, 6) is 0. The molecular weight excluding hydrogens is 868 g/mol. The zero-order chi connectivity index (χ0) is 51.9. The Morgan fingerprint density at radius 3 is 0.222 bits per heavy atom. The van der Waals surface area contributed by atoms with E-state index in [-0.39, 0.29) is 33.7 Å². The Morgan fingerprint density at radius 2 is 0.181 bits per heavy atom. The summed E-state index contributed by atoms with van der Waals surface area (Å²) in [5, 5.41) is 0. The lowest BCUT2D eigenvalue weighted by Crippen LogP contribution is -2.50. The number of nitrogens with zero attached hydrogens (tertiary/aromatic N) is 4. The molecule has 0 atom stereocenters. The van der Waals surface area contributed by atoms with Crippen molar-refractivity contribution in [2.75, 3.05) is 105 Å². The topological polar surface area (TPSA) is 0 Å². The quantitative estimate of drug-likeness (QED) is 0.0421. The van der Waals surface area contributed by atoms with Crippen LogP contribution in [-0.2, 0) is 0 Å². The number of hydrogen-bond donors (Lipinski definition) is 0. The normalized spacial score (nSPS) is 11.3. The molecule has 0 spiro atoms. The summed E-state index contributed by atoms with van der Waals surface area (Å²) < 4.78 is 5.68. The molecule has 0 aromatic heterocycles. The summed E-state index contributed by atoms with van der Waals surface area (Å²) in [4.78, 5) is 0. The van der Waals surface area contributed by atoms with E-state index in [9.17, 15) is 0 Å². The van der Waals surface area contributed by atoms with Crippen LogP contribution in [0.2, 0.25) is 0 Å². The van der Waals surface area contributed by atoms with Gasteiger partial charge < -0.3 is 17.9 Å². The third-order valence-corrected chi connectivity index (χ3v) is 15.8. The molecule has 0 aromatic rings. The van der Waals surface area contributed by atoms with Crippen molar-refractivity contribution >= 4 is 33.7 Å². The van der Waals surface area contributed by atoms with Gasteiger partial charge in [-0.05, 0) is 103 Å². The molecule has 0 rings (SSSR count). The van der Waals surface area contributed by atoms with E-state index < -0.39 is 0 Å². The molecule has 0 saturated heterocycles.